The Kier molecular flexibility index (Phi) is 10.5. The number of aryl methyl sites for hydroxylation is 1. The third-order valence-electron chi connectivity index (χ3n) is 6.61. The van der Waals surface area contributed by atoms with Gasteiger partial charge in [-0.25, -0.2) is 4.98 Å². The van der Waals surface area contributed by atoms with E-state index in [0.717, 1.165) is 32.1 Å². The summed E-state index contributed by atoms with van der Waals surface area (Å²) >= 11 is 0. The number of nitrogens with one attached hydrogen (secondary N) is 2. The van der Waals surface area contributed by atoms with Crippen LogP contribution >= 0.6 is 0 Å². The molecule has 0 aliphatic carbocycles. The third kappa shape index (κ3) is 7.03. The van der Waals surface area contributed by atoms with E-state index >= 15 is 0 Å². The van der Waals surface area contributed by atoms with Crippen LogP contribution in [0.1, 0.15) is 101 Å². The molecule has 0 unspecified atom stereocenters. The number of unbranched alkanes of at least 4 members (excludes halogenated alkanes) is 10. The second-order valence-corrected chi connectivity index (χ2v) is 9.43. The number of fused-ring (bicyclic) bond motifs is 2. The maximum atomic E-state index is 13.3. The van der Waals surface area contributed by atoms with Gasteiger partial charge in [0.1, 0.15) is 16.8 Å². The van der Waals surface area contributed by atoms with Crippen molar-refractivity contribution >= 4 is 22.6 Å². The van der Waals surface area contributed by atoms with Crippen molar-refractivity contribution < 1.29 is 4.79 Å². The molecule has 0 spiro atoms. The Labute approximate surface area is 208 Å². The summed E-state index contributed by atoms with van der Waals surface area (Å²) in [4.78, 5) is 31.0. The number of carbonyl (C=O) groups excluding carboxylic acids is 1. The van der Waals surface area contributed by atoms with Crippen molar-refractivity contribution in [2.24, 2.45) is 0 Å². The van der Waals surface area contributed by atoms with E-state index in [1.807, 2.05) is 6.07 Å². The smallest absolute Gasteiger partial charge is 0.267 e. The normalized spacial score (nSPS) is 11.4. The van der Waals surface area contributed by atoms with E-state index in [-0.39, 0.29) is 22.5 Å². The molecule has 0 saturated heterocycles. The maximum absolute atomic E-state index is 13.3. The van der Waals surface area contributed by atoms with Gasteiger partial charge in [0.05, 0.1) is 10.9 Å². The van der Waals surface area contributed by atoms with Crippen LogP contribution in [0.2, 0.25) is 0 Å². The summed E-state index contributed by atoms with van der Waals surface area (Å²) in [6, 6.07) is 6.98. The SMILES string of the molecule is CCCCCCCCNC(=O)c1cc2c(=O)n3ccccc3nc2n(CCCCCCCC)c1=N. The molecule has 190 valence electrons. The summed E-state index contributed by atoms with van der Waals surface area (Å²) in [6.07, 6.45) is 15.3. The molecular formula is C28H41N5O2. The van der Waals surface area contributed by atoms with Gasteiger partial charge in [-0.15, -0.1) is 0 Å². The maximum Gasteiger partial charge on any atom is 0.267 e. The fourth-order valence-electron chi connectivity index (χ4n) is 4.53. The quantitative estimate of drug-likeness (QED) is 0.220. The zero-order valence-corrected chi connectivity index (χ0v) is 21.4. The molecule has 7 heteroatoms. The van der Waals surface area contributed by atoms with Gasteiger partial charge in [-0.2, -0.15) is 0 Å². The van der Waals surface area contributed by atoms with Gasteiger partial charge >= 0.3 is 0 Å². The summed E-state index contributed by atoms with van der Waals surface area (Å²) in [5.41, 5.74) is 1.17. The second kappa shape index (κ2) is 13.8. The molecule has 2 N–H and O–H groups in total. The summed E-state index contributed by atoms with van der Waals surface area (Å²) < 4.78 is 3.25. The highest BCUT2D eigenvalue weighted by molar-refractivity contribution is 5.96. The molecule has 35 heavy (non-hydrogen) atoms. The van der Waals surface area contributed by atoms with Crippen molar-refractivity contribution in [2.45, 2.75) is 97.4 Å². The van der Waals surface area contributed by atoms with Gasteiger partial charge in [-0.05, 0) is 31.0 Å². The van der Waals surface area contributed by atoms with E-state index in [9.17, 15) is 9.59 Å². The first-order chi connectivity index (χ1) is 17.1. The largest absolute Gasteiger partial charge is 0.352 e. The van der Waals surface area contributed by atoms with Crippen molar-refractivity contribution in [1.82, 2.24) is 19.3 Å². The van der Waals surface area contributed by atoms with Crippen LogP contribution in [-0.4, -0.2) is 26.4 Å². The highest BCUT2D eigenvalue weighted by Crippen LogP contribution is 2.13. The molecule has 0 aliphatic rings. The molecule has 3 heterocycles. The predicted molar refractivity (Wildman–Crippen MR) is 142 cm³/mol. The van der Waals surface area contributed by atoms with E-state index in [2.05, 4.69) is 19.2 Å². The van der Waals surface area contributed by atoms with Crippen LogP contribution in [0, 0.1) is 5.41 Å². The Bertz CT molecular complexity index is 1230. The van der Waals surface area contributed by atoms with Crippen LogP contribution < -0.4 is 16.4 Å². The molecule has 0 aromatic carbocycles. The zero-order chi connectivity index (χ0) is 25.0. The monoisotopic (exact) mass is 479 g/mol. The Hall–Kier alpha value is -2.96. The second-order valence-electron chi connectivity index (χ2n) is 9.43. The standard InChI is InChI=1S/C28H41N5O2/c1-3-5-7-9-11-14-18-30-27(34)22-21-23-26(31-24-17-13-16-19-32(24)28(23)35)33(25(22)29)20-15-12-10-8-6-4-2/h13,16-17,19,21,29H,3-12,14-15,18,20H2,1-2H3,(H,30,34). The van der Waals surface area contributed by atoms with Crippen LogP contribution in [0.25, 0.3) is 16.7 Å². The molecule has 3 rings (SSSR count). The van der Waals surface area contributed by atoms with Crippen LogP contribution in [0.4, 0.5) is 0 Å². The number of pyridine rings is 2. The van der Waals surface area contributed by atoms with E-state index < -0.39 is 0 Å². The molecule has 0 fully saturated rings. The molecule has 3 aromatic rings. The lowest BCUT2D eigenvalue weighted by molar-refractivity contribution is 0.0950. The summed E-state index contributed by atoms with van der Waals surface area (Å²) in [5, 5.41) is 12.2. The van der Waals surface area contributed by atoms with Gasteiger partial charge in [0, 0.05) is 19.3 Å². The highest BCUT2D eigenvalue weighted by atomic mass is 16.1. The van der Waals surface area contributed by atoms with Crippen LogP contribution in [0.3, 0.4) is 0 Å². The average molecular weight is 480 g/mol. The summed E-state index contributed by atoms with van der Waals surface area (Å²) in [5.74, 6) is -0.292. The van der Waals surface area contributed by atoms with Gasteiger partial charge in [0.25, 0.3) is 11.5 Å². The first-order valence-corrected chi connectivity index (χ1v) is 13.5. The number of carbonyl (C=O) groups is 1. The van der Waals surface area contributed by atoms with E-state index in [1.54, 1.807) is 29.0 Å². The lowest BCUT2D eigenvalue weighted by Crippen LogP contribution is -2.35. The van der Waals surface area contributed by atoms with E-state index in [0.29, 0.717) is 29.8 Å². The highest BCUT2D eigenvalue weighted by Gasteiger charge is 2.17. The van der Waals surface area contributed by atoms with Crippen molar-refractivity contribution in [2.75, 3.05) is 6.54 Å². The van der Waals surface area contributed by atoms with Crippen molar-refractivity contribution in [3.8, 4) is 0 Å². The van der Waals surface area contributed by atoms with E-state index in [1.165, 1.54) is 49.3 Å². The molecule has 7 nitrogen and oxygen atoms in total. The minimum absolute atomic E-state index is 0.124. The van der Waals surface area contributed by atoms with Crippen LogP contribution in [0.15, 0.2) is 35.3 Å². The topological polar surface area (TPSA) is 92.2 Å². The fourth-order valence-corrected chi connectivity index (χ4v) is 4.53. The van der Waals surface area contributed by atoms with Crippen LogP contribution in [0.5, 0.6) is 0 Å². The number of hydrogen-bond donors (Lipinski definition) is 2. The third-order valence-corrected chi connectivity index (χ3v) is 6.61. The Morgan fingerprint density at radius 1 is 0.943 bits per heavy atom. The molecule has 0 atom stereocenters. The summed E-state index contributed by atoms with van der Waals surface area (Å²) in [6.45, 7) is 5.54. The van der Waals surface area contributed by atoms with Crippen molar-refractivity contribution in [3.63, 3.8) is 0 Å². The first kappa shape index (κ1) is 26.6. The molecule has 3 aromatic heterocycles. The predicted octanol–water partition coefficient (Wildman–Crippen LogP) is 5.58. The van der Waals surface area contributed by atoms with Gasteiger partial charge in [-0.1, -0.05) is 84.1 Å². The number of amides is 1. The first-order valence-electron chi connectivity index (χ1n) is 13.5. The fraction of sp³-hybridized carbons (Fsp3) is 0.571. The molecular weight excluding hydrogens is 438 g/mol. The number of aromatic nitrogens is 3. The molecule has 0 bridgehead atoms. The van der Waals surface area contributed by atoms with Gasteiger partial charge in [0.15, 0.2) is 0 Å². The minimum Gasteiger partial charge on any atom is -0.352 e. The zero-order valence-electron chi connectivity index (χ0n) is 21.4. The van der Waals surface area contributed by atoms with Crippen molar-refractivity contribution in [3.05, 3.63) is 51.9 Å². The van der Waals surface area contributed by atoms with Gasteiger partial charge in [0.2, 0.25) is 0 Å². The lowest BCUT2D eigenvalue weighted by Gasteiger charge is -2.15. The molecule has 0 saturated carbocycles. The molecule has 0 aliphatic heterocycles. The Balaban J connectivity index is 1.85. The van der Waals surface area contributed by atoms with Crippen LogP contribution in [-0.2, 0) is 6.54 Å². The Morgan fingerprint density at radius 3 is 2.31 bits per heavy atom. The Morgan fingerprint density at radius 2 is 1.60 bits per heavy atom. The van der Waals surface area contributed by atoms with E-state index in [4.69, 9.17) is 10.4 Å². The average Bonchev–Trinajstić information content (AvgIpc) is 2.86. The number of hydrogen-bond acceptors (Lipinski definition) is 4. The number of rotatable bonds is 15. The number of nitrogens with zero attached hydrogens (tertiary/aromatic N) is 3. The molecule has 1 amide bonds. The van der Waals surface area contributed by atoms with Crippen molar-refractivity contribution in [1.29, 1.82) is 5.41 Å². The lowest BCUT2D eigenvalue weighted by atomic mass is 10.1. The molecule has 0 radical (unpaired) electrons. The summed E-state index contributed by atoms with van der Waals surface area (Å²) in [7, 11) is 0. The van der Waals surface area contributed by atoms with Gasteiger partial charge in [-0.3, -0.25) is 19.4 Å². The minimum atomic E-state index is -0.292. The van der Waals surface area contributed by atoms with Gasteiger partial charge < -0.3 is 9.88 Å².